The first-order chi connectivity index (χ1) is 10.2. The van der Waals surface area contributed by atoms with Gasteiger partial charge >= 0.3 is 0 Å². The fraction of sp³-hybridized carbons (Fsp3) is 0.647. The third-order valence-electron chi connectivity index (χ3n) is 5.15. The van der Waals surface area contributed by atoms with Crippen LogP contribution in [0.2, 0.25) is 0 Å². The second kappa shape index (κ2) is 6.67. The minimum atomic E-state index is 0.424. The molecule has 0 bridgehead atoms. The van der Waals surface area contributed by atoms with Crippen LogP contribution in [-0.2, 0) is 0 Å². The molecule has 1 aromatic carbocycles. The number of hydrogen-bond donors (Lipinski definition) is 2. The number of nitrogens with zero attached hydrogens (tertiary/aromatic N) is 1. The molecular weight excluding hydrogens is 326 g/mol. The largest absolute Gasteiger partial charge is 0.382 e. The molecule has 2 aliphatic rings. The lowest BCUT2D eigenvalue weighted by Gasteiger charge is -2.47. The van der Waals surface area contributed by atoms with E-state index in [1.807, 2.05) is 0 Å². The Bertz CT molecular complexity index is 446. The minimum Gasteiger partial charge on any atom is -0.382 e. The maximum absolute atomic E-state index is 3.68. The van der Waals surface area contributed by atoms with Crippen molar-refractivity contribution >= 4 is 21.6 Å². The summed E-state index contributed by atoms with van der Waals surface area (Å²) in [6.45, 7) is 7.26. The van der Waals surface area contributed by atoms with E-state index in [0.717, 1.165) is 4.47 Å². The summed E-state index contributed by atoms with van der Waals surface area (Å²) >= 11 is 3.49. The van der Waals surface area contributed by atoms with Gasteiger partial charge in [-0.2, -0.15) is 0 Å². The quantitative estimate of drug-likeness (QED) is 0.872. The topological polar surface area (TPSA) is 27.3 Å². The Labute approximate surface area is 136 Å². The minimum absolute atomic E-state index is 0.424. The molecule has 0 spiro atoms. The Balaban J connectivity index is 1.51. The van der Waals surface area contributed by atoms with Crippen LogP contribution in [0, 0.1) is 0 Å². The fourth-order valence-corrected chi connectivity index (χ4v) is 3.89. The zero-order valence-corrected chi connectivity index (χ0v) is 14.5. The summed E-state index contributed by atoms with van der Waals surface area (Å²) in [4.78, 5) is 2.73. The molecule has 0 radical (unpaired) electrons. The van der Waals surface area contributed by atoms with Crippen LogP contribution in [-0.4, -0.2) is 42.7 Å². The molecule has 21 heavy (non-hydrogen) atoms. The van der Waals surface area contributed by atoms with Gasteiger partial charge in [0.25, 0.3) is 0 Å². The van der Waals surface area contributed by atoms with Gasteiger partial charge in [-0.3, -0.25) is 4.90 Å². The Kier molecular flexibility index (Phi) is 4.87. The van der Waals surface area contributed by atoms with Gasteiger partial charge in [0.05, 0.1) is 0 Å². The Hall–Kier alpha value is -0.580. The normalized spacial score (nSPS) is 23.9. The van der Waals surface area contributed by atoms with Crippen molar-refractivity contribution in [3.63, 3.8) is 0 Å². The van der Waals surface area contributed by atoms with Crippen molar-refractivity contribution in [3.8, 4) is 0 Å². The van der Waals surface area contributed by atoms with Gasteiger partial charge in [0, 0.05) is 34.8 Å². The number of piperidine rings is 2. The van der Waals surface area contributed by atoms with E-state index >= 15 is 0 Å². The molecule has 2 saturated heterocycles. The molecule has 4 heteroatoms. The number of nitrogens with one attached hydrogen (secondary N) is 2. The molecule has 0 amide bonds. The zero-order chi connectivity index (χ0) is 14.7. The lowest BCUT2D eigenvalue weighted by Crippen LogP contribution is -2.56. The van der Waals surface area contributed by atoms with Crippen molar-refractivity contribution in [1.29, 1.82) is 0 Å². The zero-order valence-electron chi connectivity index (χ0n) is 12.9. The first kappa shape index (κ1) is 15.3. The second-order valence-corrected chi connectivity index (χ2v) is 7.58. The lowest BCUT2D eigenvalue weighted by molar-refractivity contribution is 0.0512. The summed E-state index contributed by atoms with van der Waals surface area (Å²) in [7, 11) is 0. The van der Waals surface area contributed by atoms with Crippen LogP contribution in [0.1, 0.15) is 32.6 Å². The van der Waals surface area contributed by atoms with Crippen molar-refractivity contribution in [2.45, 2.75) is 44.2 Å². The van der Waals surface area contributed by atoms with Gasteiger partial charge in [-0.15, -0.1) is 0 Å². The molecule has 2 fully saturated rings. The highest BCUT2D eigenvalue weighted by Crippen LogP contribution is 2.29. The molecule has 2 N–H and O–H groups in total. The third kappa shape index (κ3) is 3.79. The fourth-order valence-electron chi connectivity index (χ4n) is 3.63. The van der Waals surface area contributed by atoms with E-state index < -0.39 is 0 Å². The molecule has 0 saturated carbocycles. The summed E-state index contributed by atoms with van der Waals surface area (Å²) in [5.74, 6) is 0. The standard InChI is InChI=1S/C17H26BrN3/c1-17(8-10-19-11-9-17)21-12-6-16(7-13-21)20-15-4-2-14(18)3-5-15/h2-5,16,19-20H,6-13H2,1H3. The van der Waals surface area contributed by atoms with Crippen molar-refractivity contribution in [2.75, 3.05) is 31.5 Å². The van der Waals surface area contributed by atoms with Gasteiger partial charge in [-0.05, 0) is 70.0 Å². The average molecular weight is 352 g/mol. The van der Waals surface area contributed by atoms with Crippen molar-refractivity contribution in [2.24, 2.45) is 0 Å². The summed E-state index contributed by atoms with van der Waals surface area (Å²) < 4.78 is 1.14. The van der Waals surface area contributed by atoms with E-state index in [1.54, 1.807) is 0 Å². The molecule has 2 aliphatic heterocycles. The molecule has 0 atom stereocenters. The van der Waals surface area contributed by atoms with Gasteiger partial charge in [0.2, 0.25) is 0 Å². The van der Waals surface area contributed by atoms with E-state index in [0.29, 0.717) is 11.6 Å². The third-order valence-corrected chi connectivity index (χ3v) is 5.68. The molecule has 1 aromatic rings. The summed E-state index contributed by atoms with van der Waals surface area (Å²) in [5, 5.41) is 7.17. The smallest absolute Gasteiger partial charge is 0.0343 e. The van der Waals surface area contributed by atoms with Crippen molar-refractivity contribution in [3.05, 3.63) is 28.7 Å². The molecule has 3 nitrogen and oxygen atoms in total. The van der Waals surface area contributed by atoms with E-state index in [2.05, 4.69) is 62.7 Å². The predicted octanol–water partition coefficient (Wildman–Crippen LogP) is 3.47. The maximum atomic E-state index is 3.68. The van der Waals surface area contributed by atoms with Crippen LogP contribution in [0.5, 0.6) is 0 Å². The van der Waals surface area contributed by atoms with Crippen LogP contribution in [0.15, 0.2) is 28.7 Å². The van der Waals surface area contributed by atoms with Crippen molar-refractivity contribution < 1.29 is 0 Å². The molecule has 0 aromatic heterocycles. The molecule has 0 aliphatic carbocycles. The molecular formula is C17H26BrN3. The molecule has 116 valence electrons. The Morgan fingerprint density at radius 2 is 1.76 bits per heavy atom. The van der Waals surface area contributed by atoms with Crippen LogP contribution in [0.3, 0.4) is 0 Å². The first-order valence-electron chi connectivity index (χ1n) is 8.14. The Morgan fingerprint density at radius 1 is 1.14 bits per heavy atom. The highest BCUT2D eigenvalue weighted by atomic mass is 79.9. The summed E-state index contributed by atoms with van der Waals surface area (Å²) in [5.41, 5.74) is 1.66. The first-order valence-corrected chi connectivity index (χ1v) is 8.93. The highest BCUT2D eigenvalue weighted by Gasteiger charge is 2.35. The van der Waals surface area contributed by atoms with Crippen LogP contribution in [0.4, 0.5) is 5.69 Å². The van der Waals surface area contributed by atoms with E-state index in [4.69, 9.17) is 0 Å². The van der Waals surface area contributed by atoms with E-state index in [1.165, 1.54) is 57.5 Å². The Morgan fingerprint density at radius 3 is 2.38 bits per heavy atom. The van der Waals surface area contributed by atoms with Gasteiger partial charge in [-0.25, -0.2) is 0 Å². The van der Waals surface area contributed by atoms with Crippen LogP contribution >= 0.6 is 15.9 Å². The van der Waals surface area contributed by atoms with E-state index in [-0.39, 0.29) is 0 Å². The van der Waals surface area contributed by atoms with Crippen LogP contribution in [0.25, 0.3) is 0 Å². The van der Waals surface area contributed by atoms with Gasteiger partial charge in [0.1, 0.15) is 0 Å². The number of rotatable bonds is 3. The lowest BCUT2D eigenvalue weighted by atomic mass is 9.86. The number of benzene rings is 1. The average Bonchev–Trinajstić information content (AvgIpc) is 2.51. The molecule has 2 heterocycles. The van der Waals surface area contributed by atoms with Gasteiger partial charge < -0.3 is 10.6 Å². The number of anilines is 1. The second-order valence-electron chi connectivity index (χ2n) is 6.66. The maximum Gasteiger partial charge on any atom is 0.0343 e. The van der Waals surface area contributed by atoms with E-state index in [9.17, 15) is 0 Å². The molecule has 0 unspecified atom stereocenters. The number of halogens is 1. The number of likely N-dealkylation sites (tertiary alicyclic amines) is 1. The van der Waals surface area contributed by atoms with Gasteiger partial charge in [0.15, 0.2) is 0 Å². The van der Waals surface area contributed by atoms with Gasteiger partial charge in [-0.1, -0.05) is 15.9 Å². The number of hydrogen-bond acceptors (Lipinski definition) is 3. The van der Waals surface area contributed by atoms with Crippen molar-refractivity contribution in [1.82, 2.24) is 10.2 Å². The SMILES string of the molecule is CC1(N2CCC(Nc3ccc(Br)cc3)CC2)CCNCC1. The predicted molar refractivity (Wildman–Crippen MR) is 92.9 cm³/mol. The summed E-state index contributed by atoms with van der Waals surface area (Å²) in [6.07, 6.45) is 5.08. The van der Waals surface area contributed by atoms with Crippen LogP contribution < -0.4 is 10.6 Å². The monoisotopic (exact) mass is 351 g/mol. The molecule has 3 rings (SSSR count). The highest BCUT2D eigenvalue weighted by molar-refractivity contribution is 9.10. The summed E-state index contributed by atoms with van der Waals surface area (Å²) in [6, 6.07) is 9.14.